The summed E-state index contributed by atoms with van der Waals surface area (Å²) in [7, 11) is 0. The Morgan fingerprint density at radius 2 is 1.68 bits per heavy atom. The Morgan fingerprint density at radius 1 is 1.05 bits per heavy atom. The number of hydrogen-bond donors (Lipinski definition) is 2. The summed E-state index contributed by atoms with van der Waals surface area (Å²) in [5.74, 6) is 0.0796. The van der Waals surface area contributed by atoms with Crippen LogP contribution in [0.25, 0.3) is 0 Å². The summed E-state index contributed by atoms with van der Waals surface area (Å²) < 4.78 is 10.5. The lowest BCUT2D eigenvalue weighted by atomic mass is 10.3. The van der Waals surface area contributed by atoms with Crippen LogP contribution in [0.2, 0.25) is 0 Å². The Hall–Kier alpha value is -1.22. The number of piperazine rings is 1. The van der Waals surface area contributed by atoms with Crippen molar-refractivity contribution >= 4 is 11.8 Å². The maximum Gasteiger partial charge on any atom is 0.234 e. The summed E-state index contributed by atoms with van der Waals surface area (Å²) in [6, 6.07) is 0. The maximum absolute atomic E-state index is 11.8. The summed E-state index contributed by atoms with van der Waals surface area (Å²) >= 11 is 0. The summed E-state index contributed by atoms with van der Waals surface area (Å²) in [6.07, 6.45) is 0. The van der Waals surface area contributed by atoms with Crippen molar-refractivity contribution in [2.75, 3.05) is 72.2 Å². The SMILES string of the molecule is CC(=O)N1CCN(CC(=O)NCCOCCOCCN)CC1. The summed E-state index contributed by atoms with van der Waals surface area (Å²) in [4.78, 5) is 26.8. The van der Waals surface area contributed by atoms with Gasteiger partial charge < -0.3 is 25.4 Å². The van der Waals surface area contributed by atoms with Gasteiger partial charge in [-0.3, -0.25) is 14.5 Å². The van der Waals surface area contributed by atoms with E-state index in [0.717, 1.165) is 13.1 Å². The van der Waals surface area contributed by atoms with Gasteiger partial charge in [-0.2, -0.15) is 0 Å². The van der Waals surface area contributed by atoms with E-state index in [9.17, 15) is 9.59 Å². The van der Waals surface area contributed by atoms with Crippen molar-refractivity contribution in [3.63, 3.8) is 0 Å². The topological polar surface area (TPSA) is 97.1 Å². The molecule has 0 aliphatic carbocycles. The second-order valence-corrected chi connectivity index (χ2v) is 5.15. The molecule has 0 radical (unpaired) electrons. The van der Waals surface area contributed by atoms with Crippen LogP contribution in [0.5, 0.6) is 0 Å². The van der Waals surface area contributed by atoms with E-state index >= 15 is 0 Å². The Bertz CT molecular complexity index is 333. The highest BCUT2D eigenvalue weighted by Gasteiger charge is 2.19. The fourth-order valence-corrected chi connectivity index (χ4v) is 2.15. The summed E-state index contributed by atoms with van der Waals surface area (Å²) in [6.45, 7) is 7.82. The molecule has 0 atom stereocenters. The number of carbonyl (C=O) groups excluding carboxylic acids is 2. The van der Waals surface area contributed by atoms with E-state index in [2.05, 4.69) is 10.2 Å². The zero-order valence-corrected chi connectivity index (χ0v) is 13.4. The third-order valence-corrected chi connectivity index (χ3v) is 3.39. The number of carbonyl (C=O) groups is 2. The van der Waals surface area contributed by atoms with Crippen LogP contribution < -0.4 is 11.1 Å². The van der Waals surface area contributed by atoms with Crippen molar-refractivity contribution in [1.82, 2.24) is 15.1 Å². The smallest absolute Gasteiger partial charge is 0.234 e. The zero-order chi connectivity index (χ0) is 16.2. The van der Waals surface area contributed by atoms with E-state index in [-0.39, 0.29) is 11.8 Å². The number of nitrogens with two attached hydrogens (primary N) is 1. The molecule has 1 aliphatic rings. The predicted octanol–water partition coefficient (Wildman–Crippen LogP) is -1.74. The van der Waals surface area contributed by atoms with Gasteiger partial charge in [0.15, 0.2) is 0 Å². The third-order valence-electron chi connectivity index (χ3n) is 3.39. The van der Waals surface area contributed by atoms with Crippen LogP contribution in [0.4, 0.5) is 0 Å². The molecule has 2 amide bonds. The molecule has 8 heteroatoms. The number of nitrogens with one attached hydrogen (secondary N) is 1. The number of nitrogens with zero attached hydrogens (tertiary/aromatic N) is 2. The number of rotatable bonds is 10. The van der Waals surface area contributed by atoms with Gasteiger partial charge in [0.1, 0.15) is 0 Å². The average Bonchev–Trinajstić information content (AvgIpc) is 2.50. The quantitative estimate of drug-likeness (QED) is 0.464. The first-order valence-electron chi connectivity index (χ1n) is 7.73. The second-order valence-electron chi connectivity index (χ2n) is 5.15. The predicted molar refractivity (Wildman–Crippen MR) is 82.4 cm³/mol. The molecule has 0 saturated carbocycles. The van der Waals surface area contributed by atoms with Crippen LogP contribution in [-0.2, 0) is 19.1 Å². The van der Waals surface area contributed by atoms with Gasteiger partial charge >= 0.3 is 0 Å². The van der Waals surface area contributed by atoms with Gasteiger partial charge in [-0.25, -0.2) is 0 Å². The van der Waals surface area contributed by atoms with Crippen molar-refractivity contribution in [3.8, 4) is 0 Å². The van der Waals surface area contributed by atoms with Gasteiger partial charge in [0.25, 0.3) is 0 Å². The van der Waals surface area contributed by atoms with Crippen LogP contribution >= 0.6 is 0 Å². The standard InChI is InChI=1S/C14H28N4O4/c1-13(19)18-6-4-17(5-7-18)12-14(20)16-3-9-22-11-10-21-8-2-15/h2-12,15H2,1H3,(H,16,20). The summed E-state index contributed by atoms with van der Waals surface area (Å²) in [5.41, 5.74) is 5.29. The Morgan fingerprint density at radius 3 is 2.27 bits per heavy atom. The van der Waals surface area contributed by atoms with Crippen molar-refractivity contribution in [2.24, 2.45) is 5.73 Å². The molecule has 22 heavy (non-hydrogen) atoms. The van der Waals surface area contributed by atoms with Gasteiger partial charge in [0, 0.05) is 46.2 Å². The molecule has 1 rings (SSSR count). The van der Waals surface area contributed by atoms with Gasteiger partial charge in [-0.05, 0) is 0 Å². The van der Waals surface area contributed by atoms with Crippen LogP contribution in [0, 0.1) is 0 Å². The van der Waals surface area contributed by atoms with Gasteiger partial charge in [-0.1, -0.05) is 0 Å². The fourth-order valence-electron chi connectivity index (χ4n) is 2.15. The number of ether oxygens (including phenoxy) is 2. The monoisotopic (exact) mass is 316 g/mol. The molecule has 128 valence electrons. The van der Waals surface area contributed by atoms with E-state index in [1.807, 2.05) is 0 Å². The molecule has 0 aromatic rings. The second kappa shape index (κ2) is 11.4. The van der Waals surface area contributed by atoms with Gasteiger partial charge in [0.05, 0.1) is 33.0 Å². The molecular formula is C14H28N4O4. The Balaban J connectivity index is 1.97. The van der Waals surface area contributed by atoms with Crippen molar-refractivity contribution in [2.45, 2.75) is 6.92 Å². The molecule has 1 aliphatic heterocycles. The molecule has 0 unspecified atom stereocenters. The molecule has 3 N–H and O–H groups in total. The highest BCUT2D eigenvalue weighted by atomic mass is 16.5. The van der Waals surface area contributed by atoms with E-state index in [4.69, 9.17) is 15.2 Å². The highest BCUT2D eigenvalue weighted by molar-refractivity contribution is 5.78. The minimum absolute atomic E-state index is 0.0146. The van der Waals surface area contributed by atoms with E-state index in [0.29, 0.717) is 59.2 Å². The molecule has 0 aromatic heterocycles. The maximum atomic E-state index is 11.8. The van der Waals surface area contributed by atoms with E-state index in [1.165, 1.54) is 0 Å². The van der Waals surface area contributed by atoms with Gasteiger partial charge in [-0.15, -0.1) is 0 Å². The van der Waals surface area contributed by atoms with Crippen LogP contribution in [0.1, 0.15) is 6.92 Å². The zero-order valence-electron chi connectivity index (χ0n) is 13.4. The van der Waals surface area contributed by atoms with Crippen LogP contribution in [-0.4, -0.2) is 93.9 Å². The van der Waals surface area contributed by atoms with E-state index in [1.54, 1.807) is 11.8 Å². The number of hydrogen-bond acceptors (Lipinski definition) is 6. The Labute approximate surface area is 131 Å². The lowest BCUT2D eigenvalue weighted by molar-refractivity contribution is -0.131. The lowest BCUT2D eigenvalue weighted by Crippen LogP contribution is -2.50. The normalized spacial score (nSPS) is 15.8. The molecule has 0 bridgehead atoms. The van der Waals surface area contributed by atoms with Crippen molar-refractivity contribution in [1.29, 1.82) is 0 Å². The van der Waals surface area contributed by atoms with Crippen LogP contribution in [0.15, 0.2) is 0 Å². The number of amides is 2. The molecular weight excluding hydrogens is 288 g/mol. The van der Waals surface area contributed by atoms with Gasteiger partial charge in [0.2, 0.25) is 11.8 Å². The van der Waals surface area contributed by atoms with E-state index < -0.39 is 0 Å². The minimum Gasteiger partial charge on any atom is -0.378 e. The van der Waals surface area contributed by atoms with Crippen molar-refractivity contribution < 1.29 is 19.1 Å². The largest absolute Gasteiger partial charge is 0.378 e. The first-order chi connectivity index (χ1) is 10.6. The van der Waals surface area contributed by atoms with Crippen molar-refractivity contribution in [3.05, 3.63) is 0 Å². The minimum atomic E-state index is -0.0146. The Kier molecular flexibility index (Phi) is 9.72. The lowest BCUT2D eigenvalue weighted by Gasteiger charge is -2.33. The molecule has 0 spiro atoms. The first-order valence-corrected chi connectivity index (χ1v) is 7.73. The first kappa shape index (κ1) is 18.8. The third kappa shape index (κ3) is 8.28. The molecule has 8 nitrogen and oxygen atoms in total. The summed E-state index contributed by atoms with van der Waals surface area (Å²) in [5, 5.41) is 2.82. The molecule has 0 aromatic carbocycles. The molecule has 1 saturated heterocycles. The molecule has 1 heterocycles. The average molecular weight is 316 g/mol. The fraction of sp³-hybridized carbons (Fsp3) is 0.857. The molecule has 1 fully saturated rings. The van der Waals surface area contributed by atoms with Crippen LogP contribution in [0.3, 0.4) is 0 Å². The highest BCUT2D eigenvalue weighted by Crippen LogP contribution is 2.01.